The molecule has 8 atom stereocenters. The fourth-order valence-electron chi connectivity index (χ4n) is 10.2. The first kappa shape index (κ1) is 28.4. The first-order valence-corrected chi connectivity index (χ1v) is 15.1. The number of hydrogen-bond acceptors (Lipinski definition) is 3. The number of carbonyl (C=O) groups excluding carboxylic acids is 2. The van der Waals surface area contributed by atoms with E-state index >= 15 is 0 Å². The van der Waals surface area contributed by atoms with Crippen LogP contribution in [0.3, 0.4) is 0 Å². The van der Waals surface area contributed by atoms with Gasteiger partial charge in [-0.05, 0) is 103 Å². The van der Waals surface area contributed by atoms with Crippen LogP contribution in [0.4, 0.5) is 0 Å². The summed E-state index contributed by atoms with van der Waals surface area (Å²) in [5.74, 6) is 2.34. The van der Waals surface area contributed by atoms with Crippen LogP contribution in [-0.4, -0.2) is 11.8 Å². The average molecular weight is 531 g/mol. The quantitative estimate of drug-likeness (QED) is 0.290. The third-order valence-corrected chi connectivity index (χ3v) is 12.5. The fourth-order valence-corrected chi connectivity index (χ4v) is 10.2. The summed E-state index contributed by atoms with van der Waals surface area (Å²) in [6.07, 6.45) is 15.8. The molecule has 0 radical (unpaired) electrons. The van der Waals surface area contributed by atoms with E-state index in [-0.39, 0.29) is 35.6 Å². The van der Waals surface area contributed by atoms with Crippen molar-refractivity contribution >= 4 is 11.8 Å². The van der Waals surface area contributed by atoms with Crippen LogP contribution >= 0.6 is 0 Å². The molecule has 1 aromatic rings. The lowest BCUT2D eigenvalue weighted by Crippen LogP contribution is -2.59. The minimum Gasteiger partial charge on any atom is -0.461 e. The van der Waals surface area contributed by atoms with Crippen LogP contribution in [0.25, 0.3) is 0 Å². The summed E-state index contributed by atoms with van der Waals surface area (Å²) in [5.41, 5.74) is 3.04. The molecule has 212 valence electrons. The molecule has 0 bridgehead atoms. The van der Waals surface area contributed by atoms with Crippen molar-refractivity contribution in [2.75, 3.05) is 0 Å². The van der Waals surface area contributed by atoms with Gasteiger partial charge in [-0.15, -0.1) is 0 Å². The van der Waals surface area contributed by atoms with Crippen LogP contribution in [0.15, 0.2) is 54.1 Å². The summed E-state index contributed by atoms with van der Waals surface area (Å²) in [6.45, 7) is 12.3. The minimum atomic E-state index is -0.281. The van der Waals surface area contributed by atoms with Gasteiger partial charge in [0, 0.05) is 5.41 Å². The lowest BCUT2D eigenvalue weighted by Gasteiger charge is -2.65. The Bertz CT molecular complexity index is 1180. The van der Waals surface area contributed by atoms with Crippen molar-refractivity contribution in [1.82, 2.24) is 0 Å². The highest BCUT2D eigenvalue weighted by molar-refractivity contribution is 5.95. The van der Waals surface area contributed by atoms with Crippen molar-refractivity contribution in [3.8, 4) is 0 Å². The second-order valence-corrected chi connectivity index (χ2v) is 14.7. The summed E-state index contributed by atoms with van der Waals surface area (Å²) in [7, 11) is 0. The normalized spacial score (nSPS) is 42.0. The summed E-state index contributed by atoms with van der Waals surface area (Å²) < 4.78 is 5.83. The Kier molecular flexibility index (Phi) is 7.08. The Morgan fingerprint density at radius 3 is 2.38 bits per heavy atom. The molecule has 0 heterocycles. The summed E-state index contributed by atoms with van der Waals surface area (Å²) in [5, 5.41) is 0. The monoisotopic (exact) mass is 530 g/mol. The molecule has 3 saturated carbocycles. The molecule has 0 aromatic heterocycles. The first-order valence-electron chi connectivity index (χ1n) is 15.1. The average Bonchev–Trinajstić information content (AvgIpc) is 2.89. The lowest BCUT2D eigenvalue weighted by atomic mass is 9.38. The van der Waals surface area contributed by atoms with E-state index in [1.54, 1.807) is 5.57 Å². The number of allylic oxidation sites excluding steroid dienone is 4. The van der Waals surface area contributed by atoms with Crippen molar-refractivity contribution < 1.29 is 14.3 Å². The Labute approximate surface area is 236 Å². The smallest absolute Gasteiger partial charge is 0.309 e. The molecular weight excluding hydrogens is 480 g/mol. The number of benzene rings is 1. The van der Waals surface area contributed by atoms with Crippen LogP contribution in [0.1, 0.15) is 99.0 Å². The summed E-state index contributed by atoms with van der Waals surface area (Å²) in [4.78, 5) is 26.1. The second-order valence-electron chi connectivity index (χ2n) is 14.7. The zero-order chi connectivity index (χ0) is 26.9. The Morgan fingerprint density at radius 2 is 1.64 bits per heavy atom. The number of ether oxygens (including phenoxy) is 1. The molecule has 5 aliphatic carbocycles. The molecule has 3 heteroatoms. The van der Waals surface area contributed by atoms with E-state index in [1.165, 1.54) is 19.3 Å². The Morgan fingerprint density at radius 1 is 0.923 bits per heavy atom. The van der Waals surface area contributed by atoms with Crippen molar-refractivity contribution in [2.45, 2.75) is 100 Å². The topological polar surface area (TPSA) is 43.4 Å². The standard InChI is InChI=1S/C35H46O3.CH4/c1-32(2)28-15-19-34(4)26-14-18-33(3)17-13-24(31(37)38-22-23-9-7-6-8-10-23)21-27(33)25(26)11-12-29(34)35(28,5)20-16-30(32)36;/h6-11,16,20,24,26-29H,12-15,17-19,21-22H2,1-5H3;1H4. The maximum absolute atomic E-state index is 13.2. The molecule has 0 saturated heterocycles. The number of hydrogen-bond donors (Lipinski definition) is 0. The molecule has 8 unspecified atom stereocenters. The van der Waals surface area contributed by atoms with E-state index in [0.717, 1.165) is 37.7 Å². The molecule has 6 rings (SSSR count). The van der Waals surface area contributed by atoms with Crippen molar-refractivity contribution in [3.63, 3.8) is 0 Å². The molecule has 5 aliphatic rings. The van der Waals surface area contributed by atoms with Crippen molar-refractivity contribution in [3.05, 3.63) is 59.7 Å². The molecular formula is C36H50O3. The number of ketones is 1. The summed E-state index contributed by atoms with van der Waals surface area (Å²) >= 11 is 0. The Hall–Kier alpha value is -2.16. The van der Waals surface area contributed by atoms with Gasteiger partial charge in [-0.25, -0.2) is 0 Å². The molecule has 3 nitrogen and oxygen atoms in total. The van der Waals surface area contributed by atoms with Gasteiger partial charge < -0.3 is 4.74 Å². The van der Waals surface area contributed by atoms with Crippen molar-refractivity contribution in [2.24, 2.45) is 51.2 Å². The molecule has 0 N–H and O–H groups in total. The van der Waals surface area contributed by atoms with E-state index in [4.69, 9.17) is 4.74 Å². The van der Waals surface area contributed by atoms with Gasteiger partial charge in [-0.2, -0.15) is 0 Å². The Balaban J connectivity index is 0.00000308. The van der Waals surface area contributed by atoms with Crippen molar-refractivity contribution in [1.29, 1.82) is 0 Å². The van der Waals surface area contributed by atoms with E-state index in [0.29, 0.717) is 41.5 Å². The molecule has 3 fully saturated rings. The van der Waals surface area contributed by atoms with Gasteiger partial charge in [-0.1, -0.05) is 90.1 Å². The fraction of sp³-hybridized carbons (Fsp3) is 0.667. The predicted molar refractivity (Wildman–Crippen MR) is 158 cm³/mol. The van der Waals surface area contributed by atoms with E-state index < -0.39 is 0 Å². The third kappa shape index (κ3) is 4.29. The molecule has 39 heavy (non-hydrogen) atoms. The molecule has 0 spiro atoms. The van der Waals surface area contributed by atoms with Crippen LogP contribution in [0.5, 0.6) is 0 Å². The third-order valence-electron chi connectivity index (χ3n) is 12.5. The largest absolute Gasteiger partial charge is 0.461 e. The highest BCUT2D eigenvalue weighted by Crippen LogP contribution is 2.70. The van der Waals surface area contributed by atoms with Gasteiger partial charge in [0.25, 0.3) is 0 Å². The van der Waals surface area contributed by atoms with Gasteiger partial charge in [0.05, 0.1) is 5.92 Å². The van der Waals surface area contributed by atoms with E-state index in [1.807, 2.05) is 36.4 Å². The second kappa shape index (κ2) is 9.74. The van der Waals surface area contributed by atoms with Gasteiger partial charge in [-0.3, -0.25) is 9.59 Å². The zero-order valence-electron chi connectivity index (χ0n) is 24.1. The maximum Gasteiger partial charge on any atom is 0.309 e. The van der Waals surface area contributed by atoms with Crippen LogP contribution in [-0.2, 0) is 20.9 Å². The highest BCUT2D eigenvalue weighted by atomic mass is 16.5. The lowest BCUT2D eigenvalue weighted by molar-refractivity contribution is -0.155. The van der Waals surface area contributed by atoms with Gasteiger partial charge >= 0.3 is 5.97 Å². The van der Waals surface area contributed by atoms with E-state index in [2.05, 4.69) is 46.8 Å². The van der Waals surface area contributed by atoms with Crippen LogP contribution < -0.4 is 0 Å². The highest BCUT2D eigenvalue weighted by Gasteiger charge is 2.63. The molecule has 0 amide bonds. The predicted octanol–water partition coefficient (Wildman–Crippen LogP) is 8.73. The number of esters is 1. The minimum absolute atomic E-state index is 0. The van der Waals surface area contributed by atoms with Gasteiger partial charge in [0.2, 0.25) is 0 Å². The summed E-state index contributed by atoms with van der Waals surface area (Å²) in [6, 6.07) is 10.0. The van der Waals surface area contributed by atoms with Crippen LogP contribution in [0, 0.1) is 51.2 Å². The maximum atomic E-state index is 13.2. The number of fused-ring (bicyclic) bond motifs is 7. The number of rotatable bonds is 3. The van der Waals surface area contributed by atoms with Gasteiger partial charge in [0.1, 0.15) is 6.61 Å². The first-order chi connectivity index (χ1) is 18.0. The number of carbonyl (C=O) groups is 2. The van der Waals surface area contributed by atoms with E-state index in [9.17, 15) is 9.59 Å². The molecule has 1 aromatic carbocycles. The molecule has 0 aliphatic heterocycles. The SMILES string of the molecule is C.CC12CCC(C(=O)OCc3ccccc3)CC1C1=CCC3C4(C)C=CC(=O)C(C)(C)C4CCC3(C)C1CC2. The van der Waals surface area contributed by atoms with Gasteiger partial charge in [0.15, 0.2) is 5.78 Å². The van der Waals surface area contributed by atoms with Crippen LogP contribution in [0.2, 0.25) is 0 Å². The zero-order valence-corrected chi connectivity index (χ0v) is 24.1.